The Morgan fingerprint density at radius 1 is 1.12 bits per heavy atom. The number of thiophene rings is 1. The summed E-state index contributed by atoms with van der Waals surface area (Å²) in [5, 5.41) is 12.6. The lowest BCUT2D eigenvalue weighted by molar-refractivity contribution is -0.384. The molecule has 0 radical (unpaired) electrons. The van der Waals surface area contributed by atoms with Gasteiger partial charge in [-0.05, 0) is 17.5 Å². The normalized spacial score (nSPS) is 14.2. The predicted octanol–water partition coefficient (Wildman–Crippen LogP) is 2.02. The highest BCUT2D eigenvalue weighted by molar-refractivity contribution is 7.12. The van der Waals surface area contributed by atoms with Crippen LogP contribution in [0.25, 0.3) is 0 Å². The number of rotatable bonds is 5. The Kier molecular flexibility index (Phi) is 5.47. The van der Waals surface area contributed by atoms with Gasteiger partial charge in [-0.25, -0.2) is 0 Å². The molecule has 8 nitrogen and oxygen atoms in total. The minimum absolute atomic E-state index is 0.0139. The molecule has 26 heavy (non-hydrogen) atoms. The summed E-state index contributed by atoms with van der Waals surface area (Å²) in [7, 11) is 0. The molecular formula is C17H17N3O5S. The Balaban J connectivity index is 1.49. The molecule has 2 heterocycles. The summed E-state index contributed by atoms with van der Waals surface area (Å²) in [6, 6.07) is 9.34. The average Bonchev–Trinajstić information content (AvgIpc) is 3.20. The van der Waals surface area contributed by atoms with Gasteiger partial charge in [-0.3, -0.25) is 19.7 Å². The highest BCUT2D eigenvalue weighted by Gasteiger charge is 2.25. The number of ether oxygens (including phenoxy) is 1. The van der Waals surface area contributed by atoms with Crippen LogP contribution >= 0.6 is 11.3 Å². The Morgan fingerprint density at radius 2 is 1.85 bits per heavy atom. The van der Waals surface area contributed by atoms with Crippen LogP contribution in [0.3, 0.4) is 0 Å². The molecule has 2 aromatic rings. The number of piperazine rings is 1. The summed E-state index contributed by atoms with van der Waals surface area (Å²) in [6.45, 7) is 1.63. The standard InChI is InChI=1S/C17H17N3O5S/c21-16(12-25-14-4-1-3-13(11-14)20(23)24)18-6-8-19(9-7-18)17(22)15-5-2-10-26-15/h1-5,10-11H,6-9,12H2. The molecule has 0 spiro atoms. The van der Waals surface area contributed by atoms with Gasteiger partial charge in [0, 0.05) is 32.2 Å². The van der Waals surface area contributed by atoms with Gasteiger partial charge in [0.05, 0.1) is 15.9 Å². The molecule has 9 heteroatoms. The van der Waals surface area contributed by atoms with E-state index in [4.69, 9.17) is 4.74 Å². The minimum atomic E-state index is -0.515. The van der Waals surface area contributed by atoms with E-state index in [0.29, 0.717) is 31.1 Å². The molecule has 1 saturated heterocycles. The van der Waals surface area contributed by atoms with Gasteiger partial charge in [0.2, 0.25) is 0 Å². The second-order valence-corrected chi connectivity index (χ2v) is 6.64. The summed E-state index contributed by atoms with van der Waals surface area (Å²) in [4.78, 5) is 38.8. The molecule has 1 fully saturated rings. The highest BCUT2D eigenvalue weighted by atomic mass is 32.1. The average molecular weight is 375 g/mol. The molecular weight excluding hydrogens is 358 g/mol. The Morgan fingerprint density at radius 3 is 2.50 bits per heavy atom. The summed E-state index contributed by atoms with van der Waals surface area (Å²) in [5.74, 6) is 0.0544. The summed E-state index contributed by atoms with van der Waals surface area (Å²) >= 11 is 1.40. The van der Waals surface area contributed by atoms with Gasteiger partial charge < -0.3 is 14.5 Å². The van der Waals surface area contributed by atoms with E-state index in [1.807, 2.05) is 11.4 Å². The molecule has 0 unspecified atom stereocenters. The molecule has 2 amide bonds. The zero-order valence-electron chi connectivity index (χ0n) is 13.9. The van der Waals surface area contributed by atoms with Gasteiger partial charge in [0.1, 0.15) is 5.75 Å². The summed E-state index contributed by atoms with van der Waals surface area (Å²) in [6.07, 6.45) is 0. The molecule has 1 aromatic heterocycles. The topological polar surface area (TPSA) is 93.0 Å². The lowest BCUT2D eigenvalue weighted by Crippen LogP contribution is -2.51. The molecule has 3 rings (SSSR count). The van der Waals surface area contributed by atoms with E-state index in [2.05, 4.69) is 0 Å². The second kappa shape index (κ2) is 7.96. The molecule has 0 aliphatic carbocycles. The van der Waals surface area contributed by atoms with Crippen molar-refractivity contribution >= 4 is 28.8 Å². The lowest BCUT2D eigenvalue weighted by Gasteiger charge is -2.34. The molecule has 0 N–H and O–H groups in total. The molecule has 1 aliphatic rings. The third-order valence-electron chi connectivity index (χ3n) is 4.04. The van der Waals surface area contributed by atoms with Crippen LogP contribution in [0, 0.1) is 10.1 Å². The Hall–Kier alpha value is -2.94. The third-order valence-corrected chi connectivity index (χ3v) is 4.90. The smallest absolute Gasteiger partial charge is 0.273 e. The molecule has 1 aliphatic heterocycles. The zero-order valence-corrected chi connectivity index (χ0v) is 14.7. The van der Waals surface area contributed by atoms with E-state index in [1.54, 1.807) is 21.9 Å². The van der Waals surface area contributed by atoms with Gasteiger partial charge in [-0.2, -0.15) is 0 Å². The monoisotopic (exact) mass is 375 g/mol. The Labute approximate surface area is 153 Å². The van der Waals surface area contributed by atoms with Crippen molar-refractivity contribution < 1.29 is 19.2 Å². The quantitative estimate of drug-likeness (QED) is 0.589. The van der Waals surface area contributed by atoms with E-state index in [1.165, 1.54) is 29.5 Å². The van der Waals surface area contributed by atoms with Crippen LogP contribution in [0.2, 0.25) is 0 Å². The number of non-ortho nitro benzene ring substituents is 1. The van der Waals surface area contributed by atoms with Crippen LogP contribution < -0.4 is 4.74 Å². The number of nitro benzene ring substituents is 1. The van der Waals surface area contributed by atoms with Crippen molar-refractivity contribution in [2.45, 2.75) is 0 Å². The minimum Gasteiger partial charge on any atom is -0.484 e. The maximum Gasteiger partial charge on any atom is 0.273 e. The van der Waals surface area contributed by atoms with Crippen LogP contribution in [0.5, 0.6) is 5.75 Å². The number of carbonyl (C=O) groups is 2. The van der Waals surface area contributed by atoms with Crippen molar-refractivity contribution in [1.29, 1.82) is 0 Å². The number of amides is 2. The van der Waals surface area contributed by atoms with E-state index >= 15 is 0 Å². The predicted molar refractivity (Wildman–Crippen MR) is 95.4 cm³/mol. The molecule has 0 bridgehead atoms. The third kappa shape index (κ3) is 4.17. The van der Waals surface area contributed by atoms with Gasteiger partial charge >= 0.3 is 0 Å². The number of carbonyl (C=O) groups excluding carboxylic acids is 2. The zero-order chi connectivity index (χ0) is 18.5. The van der Waals surface area contributed by atoms with Crippen molar-refractivity contribution in [2.75, 3.05) is 32.8 Å². The number of nitro groups is 1. The van der Waals surface area contributed by atoms with Crippen molar-refractivity contribution in [3.63, 3.8) is 0 Å². The van der Waals surface area contributed by atoms with Crippen molar-refractivity contribution in [1.82, 2.24) is 9.80 Å². The summed E-state index contributed by atoms with van der Waals surface area (Å²) < 4.78 is 5.37. The maximum absolute atomic E-state index is 12.3. The molecule has 0 atom stereocenters. The largest absolute Gasteiger partial charge is 0.484 e. The lowest BCUT2D eigenvalue weighted by atomic mass is 10.3. The van der Waals surface area contributed by atoms with E-state index < -0.39 is 4.92 Å². The number of hydrogen-bond donors (Lipinski definition) is 0. The van der Waals surface area contributed by atoms with E-state index in [9.17, 15) is 19.7 Å². The first-order valence-electron chi connectivity index (χ1n) is 8.02. The molecule has 136 valence electrons. The number of nitrogens with zero attached hydrogens (tertiary/aromatic N) is 3. The first kappa shape index (κ1) is 17.9. The van der Waals surface area contributed by atoms with E-state index in [-0.39, 0.29) is 29.9 Å². The fraction of sp³-hybridized carbons (Fsp3) is 0.294. The molecule has 0 saturated carbocycles. The maximum atomic E-state index is 12.3. The summed E-state index contributed by atoms with van der Waals surface area (Å²) in [5.41, 5.74) is -0.0874. The van der Waals surface area contributed by atoms with Crippen LogP contribution in [0.1, 0.15) is 9.67 Å². The first-order chi connectivity index (χ1) is 12.5. The van der Waals surface area contributed by atoms with E-state index in [0.717, 1.165) is 0 Å². The van der Waals surface area contributed by atoms with Gasteiger partial charge in [0.25, 0.3) is 17.5 Å². The van der Waals surface area contributed by atoms with Crippen LogP contribution in [0.15, 0.2) is 41.8 Å². The second-order valence-electron chi connectivity index (χ2n) is 5.69. The van der Waals surface area contributed by atoms with Crippen LogP contribution in [-0.4, -0.2) is 59.3 Å². The highest BCUT2D eigenvalue weighted by Crippen LogP contribution is 2.19. The number of benzene rings is 1. The van der Waals surface area contributed by atoms with Gasteiger partial charge in [-0.1, -0.05) is 12.1 Å². The first-order valence-corrected chi connectivity index (χ1v) is 8.90. The van der Waals surface area contributed by atoms with Gasteiger partial charge in [-0.15, -0.1) is 11.3 Å². The van der Waals surface area contributed by atoms with Crippen molar-refractivity contribution in [3.05, 3.63) is 56.8 Å². The van der Waals surface area contributed by atoms with Crippen molar-refractivity contribution in [2.24, 2.45) is 0 Å². The number of hydrogen-bond acceptors (Lipinski definition) is 6. The van der Waals surface area contributed by atoms with Crippen LogP contribution in [-0.2, 0) is 4.79 Å². The van der Waals surface area contributed by atoms with Gasteiger partial charge in [0.15, 0.2) is 6.61 Å². The fourth-order valence-electron chi connectivity index (χ4n) is 2.64. The fourth-order valence-corrected chi connectivity index (χ4v) is 3.33. The Bertz CT molecular complexity index is 800. The molecule has 1 aromatic carbocycles. The SMILES string of the molecule is O=C(COc1cccc([N+](=O)[O-])c1)N1CCN(C(=O)c2cccs2)CC1. The van der Waals surface area contributed by atoms with Crippen molar-refractivity contribution in [3.8, 4) is 5.75 Å². The van der Waals surface area contributed by atoms with Crippen LogP contribution in [0.4, 0.5) is 5.69 Å².